The molecule has 0 spiro atoms. The lowest BCUT2D eigenvalue weighted by molar-refractivity contribution is -0.128. The van der Waals surface area contributed by atoms with Gasteiger partial charge < -0.3 is 20.5 Å². The predicted molar refractivity (Wildman–Crippen MR) is 133 cm³/mol. The number of amides is 1. The maximum Gasteiger partial charge on any atom is 0.267 e. The third-order valence-electron chi connectivity index (χ3n) is 6.22. The lowest BCUT2D eigenvalue weighted by Gasteiger charge is -2.32. The summed E-state index contributed by atoms with van der Waals surface area (Å²) in [5.41, 5.74) is 7.71. The maximum absolute atomic E-state index is 14.0. The summed E-state index contributed by atoms with van der Waals surface area (Å²) in [5, 5.41) is 23.7. The SMILES string of the molecule is N#CC(=CO)C(=O)N1CCC[C@@H](n2nc(-c3ccc(Oc4ccccc4F)cc3)c3c(N)ncnc32)C1. The highest BCUT2D eigenvalue weighted by Crippen LogP contribution is 2.35. The number of nitrogens with two attached hydrogens (primary N) is 1. The van der Waals surface area contributed by atoms with E-state index in [-0.39, 0.29) is 29.7 Å². The third-order valence-corrected chi connectivity index (χ3v) is 6.22. The number of benzene rings is 2. The topological polar surface area (TPSA) is 143 Å². The van der Waals surface area contributed by atoms with Gasteiger partial charge in [0.1, 0.15) is 35.9 Å². The van der Waals surface area contributed by atoms with E-state index in [4.69, 9.17) is 20.8 Å². The van der Waals surface area contributed by atoms with Crippen molar-refractivity contribution in [2.24, 2.45) is 0 Å². The van der Waals surface area contributed by atoms with Crippen LogP contribution in [0.4, 0.5) is 10.2 Å². The summed E-state index contributed by atoms with van der Waals surface area (Å²) in [4.78, 5) is 22.7. The van der Waals surface area contributed by atoms with Gasteiger partial charge in [-0.2, -0.15) is 10.4 Å². The Morgan fingerprint density at radius 2 is 2.00 bits per heavy atom. The Bertz CT molecular complexity index is 1540. The number of ether oxygens (including phenoxy) is 1. The van der Waals surface area contributed by atoms with Gasteiger partial charge in [-0.05, 0) is 49.2 Å². The van der Waals surface area contributed by atoms with Crippen LogP contribution in [0.1, 0.15) is 18.9 Å². The Hall–Kier alpha value is -4.98. The van der Waals surface area contributed by atoms with Crippen LogP contribution >= 0.6 is 0 Å². The van der Waals surface area contributed by atoms with Crippen molar-refractivity contribution >= 4 is 22.8 Å². The number of para-hydroxylation sites is 1. The van der Waals surface area contributed by atoms with Crippen molar-refractivity contribution in [2.75, 3.05) is 18.8 Å². The van der Waals surface area contributed by atoms with Crippen LogP contribution in [0, 0.1) is 17.1 Å². The quantitative estimate of drug-likeness (QED) is 0.237. The van der Waals surface area contributed by atoms with E-state index in [0.717, 1.165) is 12.0 Å². The number of fused-ring (bicyclic) bond motifs is 1. The maximum atomic E-state index is 14.0. The summed E-state index contributed by atoms with van der Waals surface area (Å²) in [6.45, 7) is 0.744. The number of nitrogen functional groups attached to an aromatic ring is 1. The fraction of sp³-hybridized carbons (Fsp3) is 0.192. The number of nitrogens with zero attached hydrogens (tertiary/aromatic N) is 6. The zero-order chi connectivity index (χ0) is 25.9. The zero-order valence-corrected chi connectivity index (χ0v) is 19.6. The lowest BCUT2D eigenvalue weighted by atomic mass is 10.0. The molecule has 10 nitrogen and oxygen atoms in total. The number of hydrogen-bond donors (Lipinski definition) is 2. The number of aromatic nitrogens is 4. The third kappa shape index (κ3) is 4.52. The van der Waals surface area contributed by atoms with Crippen LogP contribution in [0.2, 0.25) is 0 Å². The molecule has 1 fully saturated rings. The zero-order valence-electron chi connectivity index (χ0n) is 19.6. The highest BCUT2D eigenvalue weighted by molar-refractivity contribution is 5.98. The number of piperidine rings is 1. The fourth-order valence-corrected chi connectivity index (χ4v) is 4.43. The summed E-state index contributed by atoms with van der Waals surface area (Å²) in [6.07, 6.45) is 3.30. The van der Waals surface area contributed by atoms with Gasteiger partial charge in [0.15, 0.2) is 22.8 Å². The van der Waals surface area contributed by atoms with Crippen molar-refractivity contribution in [3.05, 3.63) is 72.5 Å². The molecule has 2 aromatic heterocycles. The number of anilines is 1. The minimum atomic E-state index is -0.536. The smallest absolute Gasteiger partial charge is 0.267 e. The summed E-state index contributed by atoms with van der Waals surface area (Å²) in [6, 6.07) is 14.6. The molecule has 1 saturated heterocycles. The number of rotatable bonds is 5. The number of carbonyl (C=O) groups excluding carboxylic acids is 1. The first-order valence-corrected chi connectivity index (χ1v) is 11.6. The second kappa shape index (κ2) is 9.94. The molecule has 5 rings (SSSR count). The van der Waals surface area contributed by atoms with Crippen LogP contribution in [-0.4, -0.2) is 48.8 Å². The molecule has 0 aliphatic carbocycles. The van der Waals surface area contributed by atoms with E-state index in [0.29, 0.717) is 41.7 Å². The lowest BCUT2D eigenvalue weighted by Crippen LogP contribution is -2.41. The molecule has 3 heterocycles. The van der Waals surface area contributed by atoms with Crippen molar-refractivity contribution < 1.29 is 19.0 Å². The Morgan fingerprint density at radius 1 is 1.22 bits per heavy atom. The molecule has 2 aromatic carbocycles. The predicted octanol–water partition coefficient (Wildman–Crippen LogP) is 4.14. The van der Waals surface area contributed by atoms with Gasteiger partial charge in [-0.15, -0.1) is 0 Å². The molecule has 1 amide bonds. The molecule has 0 unspecified atom stereocenters. The molecule has 0 bridgehead atoms. The number of likely N-dealkylation sites (tertiary alicyclic amines) is 1. The molecule has 1 aliphatic rings. The van der Waals surface area contributed by atoms with Crippen LogP contribution in [0.3, 0.4) is 0 Å². The molecule has 37 heavy (non-hydrogen) atoms. The van der Waals surface area contributed by atoms with Crippen molar-refractivity contribution in [3.63, 3.8) is 0 Å². The number of halogens is 1. The van der Waals surface area contributed by atoms with Gasteiger partial charge in [0.05, 0.1) is 11.4 Å². The number of carbonyl (C=O) groups is 1. The number of aliphatic hydroxyl groups is 1. The first-order valence-electron chi connectivity index (χ1n) is 11.6. The Balaban J connectivity index is 1.48. The van der Waals surface area contributed by atoms with E-state index in [1.54, 1.807) is 53.2 Å². The summed E-state index contributed by atoms with van der Waals surface area (Å²) in [5.74, 6) is -0.164. The van der Waals surface area contributed by atoms with Crippen molar-refractivity contribution in [3.8, 4) is 28.8 Å². The molecule has 1 atom stereocenters. The summed E-state index contributed by atoms with van der Waals surface area (Å²) >= 11 is 0. The largest absolute Gasteiger partial charge is 0.514 e. The molecule has 11 heteroatoms. The van der Waals surface area contributed by atoms with Gasteiger partial charge in [-0.1, -0.05) is 12.1 Å². The van der Waals surface area contributed by atoms with Crippen molar-refractivity contribution in [2.45, 2.75) is 18.9 Å². The highest BCUT2D eigenvalue weighted by Gasteiger charge is 2.30. The van der Waals surface area contributed by atoms with Crippen LogP contribution < -0.4 is 10.5 Å². The van der Waals surface area contributed by atoms with Crippen LogP contribution in [0.15, 0.2) is 66.7 Å². The fourth-order valence-electron chi connectivity index (χ4n) is 4.43. The molecule has 0 saturated carbocycles. The highest BCUT2D eigenvalue weighted by atomic mass is 19.1. The molecule has 3 N–H and O–H groups in total. The number of aliphatic hydroxyl groups excluding tert-OH is 1. The molecular formula is C26H22FN7O3. The van der Waals surface area contributed by atoms with Crippen LogP contribution in [0.5, 0.6) is 11.5 Å². The van der Waals surface area contributed by atoms with E-state index in [9.17, 15) is 14.3 Å². The van der Waals surface area contributed by atoms with Crippen LogP contribution in [-0.2, 0) is 4.79 Å². The minimum absolute atomic E-state index is 0.120. The second-order valence-electron chi connectivity index (χ2n) is 8.51. The van der Waals surface area contributed by atoms with E-state index < -0.39 is 11.7 Å². The first kappa shape index (κ1) is 23.7. The van der Waals surface area contributed by atoms with Gasteiger partial charge in [0.25, 0.3) is 5.91 Å². The Kier molecular flexibility index (Phi) is 6.38. The Labute approximate surface area is 211 Å². The Morgan fingerprint density at radius 3 is 2.73 bits per heavy atom. The average molecular weight is 500 g/mol. The van der Waals surface area contributed by atoms with Gasteiger partial charge in [-0.3, -0.25) is 4.79 Å². The number of hydrogen-bond acceptors (Lipinski definition) is 8. The van der Waals surface area contributed by atoms with Crippen LogP contribution in [0.25, 0.3) is 22.3 Å². The van der Waals surface area contributed by atoms with Gasteiger partial charge in [-0.25, -0.2) is 19.0 Å². The van der Waals surface area contributed by atoms with Gasteiger partial charge >= 0.3 is 0 Å². The normalized spacial score (nSPS) is 15.9. The molecule has 186 valence electrons. The van der Waals surface area contributed by atoms with Gasteiger partial charge in [0.2, 0.25) is 0 Å². The molecule has 0 radical (unpaired) electrons. The molecule has 1 aliphatic heterocycles. The summed E-state index contributed by atoms with van der Waals surface area (Å²) < 4.78 is 21.3. The van der Waals surface area contributed by atoms with E-state index in [1.807, 2.05) is 0 Å². The second-order valence-corrected chi connectivity index (χ2v) is 8.51. The minimum Gasteiger partial charge on any atom is -0.514 e. The standard InChI is InChI=1S/C26H22FN7O3/c27-20-5-1-2-6-21(20)37-19-9-7-16(8-10-19)23-22-24(29)30-15-31-25(22)34(32-23)18-4-3-11-33(13-18)26(36)17(12-28)14-35/h1-2,5-10,14-15,18,35H,3-4,11,13H2,(H2,29,30,31)/t18-/m1/s1. The molecular weight excluding hydrogens is 477 g/mol. The number of nitriles is 1. The van der Waals surface area contributed by atoms with E-state index >= 15 is 0 Å². The van der Waals surface area contributed by atoms with Crippen molar-refractivity contribution in [1.29, 1.82) is 5.26 Å². The van der Waals surface area contributed by atoms with E-state index in [2.05, 4.69) is 9.97 Å². The average Bonchev–Trinajstić information content (AvgIpc) is 3.32. The summed E-state index contributed by atoms with van der Waals surface area (Å²) in [7, 11) is 0. The van der Waals surface area contributed by atoms with Crippen molar-refractivity contribution in [1.82, 2.24) is 24.6 Å². The van der Waals surface area contributed by atoms with E-state index in [1.165, 1.54) is 17.3 Å². The van der Waals surface area contributed by atoms with Gasteiger partial charge in [0, 0.05) is 18.7 Å². The molecule has 4 aromatic rings. The monoisotopic (exact) mass is 499 g/mol. The first-order chi connectivity index (χ1) is 18.0.